The van der Waals surface area contributed by atoms with Crippen LogP contribution < -0.4 is 5.32 Å². The normalized spacial score (nSPS) is 23.3. The summed E-state index contributed by atoms with van der Waals surface area (Å²) in [7, 11) is 1.39. The van der Waals surface area contributed by atoms with E-state index in [1.54, 1.807) is 6.92 Å². The van der Waals surface area contributed by atoms with Gasteiger partial charge in [0, 0.05) is 38.1 Å². The number of hydrogen-bond acceptors (Lipinski definition) is 5. The summed E-state index contributed by atoms with van der Waals surface area (Å²) in [5, 5.41) is 2.85. The van der Waals surface area contributed by atoms with E-state index in [0.29, 0.717) is 19.5 Å². The number of hydrogen-bond donors (Lipinski definition) is 1. The monoisotopic (exact) mass is 339 g/mol. The summed E-state index contributed by atoms with van der Waals surface area (Å²) >= 11 is 0. The Kier molecular flexibility index (Phi) is 6.60. The maximum atomic E-state index is 12.6. The van der Waals surface area contributed by atoms with E-state index in [9.17, 15) is 14.4 Å². The topological polar surface area (TPSA) is 79.0 Å². The molecule has 1 aliphatic carbocycles. The highest BCUT2D eigenvalue weighted by Crippen LogP contribution is 2.26. The van der Waals surface area contributed by atoms with E-state index < -0.39 is 6.04 Å². The van der Waals surface area contributed by atoms with Crippen LogP contribution in [-0.2, 0) is 19.1 Å². The number of ether oxygens (including phenoxy) is 1. The molecule has 0 spiro atoms. The van der Waals surface area contributed by atoms with Crippen molar-refractivity contribution in [3.05, 3.63) is 0 Å². The molecule has 2 atom stereocenters. The summed E-state index contributed by atoms with van der Waals surface area (Å²) in [4.78, 5) is 39.8. The van der Waals surface area contributed by atoms with Gasteiger partial charge in [-0.3, -0.25) is 19.3 Å². The van der Waals surface area contributed by atoms with Crippen LogP contribution >= 0.6 is 0 Å². The predicted octanol–water partition coefficient (Wildman–Crippen LogP) is 0.387. The first kappa shape index (κ1) is 18.7. The summed E-state index contributed by atoms with van der Waals surface area (Å²) in [5.74, 6) is -0.143. The maximum Gasteiger partial charge on any atom is 0.306 e. The Hall–Kier alpha value is -1.63. The zero-order valence-electron chi connectivity index (χ0n) is 14.9. The van der Waals surface area contributed by atoms with Crippen LogP contribution in [-0.4, -0.2) is 73.0 Å². The van der Waals surface area contributed by atoms with Crippen molar-refractivity contribution >= 4 is 17.8 Å². The summed E-state index contributed by atoms with van der Waals surface area (Å²) in [5.41, 5.74) is 0. The van der Waals surface area contributed by atoms with Crippen LogP contribution in [0.3, 0.4) is 0 Å². The Morgan fingerprint density at radius 1 is 1.25 bits per heavy atom. The number of methoxy groups -OCH3 is 1. The third kappa shape index (κ3) is 4.69. The van der Waals surface area contributed by atoms with Crippen LogP contribution in [0.25, 0.3) is 0 Å². The second-order valence-electron chi connectivity index (χ2n) is 6.87. The van der Waals surface area contributed by atoms with E-state index in [1.807, 2.05) is 11.8 Å². The molecule has 1 N–H and O–H groups in total. The Morgan fingerprint density at radius 3 is 2.50 bits per heavy atom. The molecule has 2 amide bonds. The highest BCUT2D eigenvalue weighted by molar-refractivity contribution is 5.88. The first-order valence-corrected chi connectivity index (χ1v) is 8.82. The largest absolute Gasteiger partial charge is 0.469 e. The molecule has 24 heavy (non-hydrogen) atoms. The lowest BCUT2D eigenvalue weighted by Gasteiger charge is -2.41. The summed E-state index contributed by atoms with van der Waals surface area (Å²) in [6.07, 6.45) is 3.33. The van der Waals surface area contributed by atoms with E-state index in [0.717, 1.165) is 32.4 Å². The summed E-state index contributed by atoms with van der Waals surface area (Å²) in [6.45, 7) is 6.48. The van der Waals surface area contributed by atoms with E-state index in [-0.39, 0.29) is 29.7 Å². The number of nitrogens with zero attached hydrogens (tertiary/aromatic N) is 2. The fourth-order valence-corrected chi connectivity index (χ4v) is 3.23. The number of esters is 1. The lowest BCUT2D eigenvalue weighted by molar-refractivity contribution is -0.143. The molecule has 7 heteroatoms. The lowest BCUT2D eigenvalue weighted by atomic mass is 9.84. The van der Waals surface area contributed by atoms with Crippen molar-refractivity contribution in [3.8, 4) is 0 Å². The molecular weight excluding hydrogens is 310 g/mol. The fourth-order valence-electron chi connectivity index (χ4n) is 3.23. The van der Waals surface area contributed by atoms with Crippen LogP contribution in [0, 0.1) is 5.92 Å². The molecule has 7 nitrogen and oxygen atoms in total. The van der Waals surface area contributed by atoms with Crippen LogP contribution in [0.5, 0.6) is 0 Å². The SMILES string of the molecule is COC(=O)CCN1CCN(C(=O)[C@H](C)NC(=O)C2CCC2)[C@H](C)C1. The molecule has 0 radical (unpaired) electrons. The Bertz CT molecular complexity index is 478. The Balaban J connectivity index is 1.78. The van der Waals surface area contributed by atoms with Gasteiger partial charge in [0.1, 0.15) is 6.04 Å². The average Bonchev–Trinajstić information content (AvgIpc) is 2.50. The van der Waals surface area contributed by atoms with Crippen molar-refractivity contribution in [2.45, 2.75) is 51.6 Å². The van der Waals surface area contributed by atoms with Gasteiger partial charge in [-0.1, -0.05) is 6.42 Å². The first-order valence-electron chi connectivity index (χ1n) is 8.82. The van der Waals surface area contributed by atoms with Crippen LogP contribution in [0.2, 0.25) is 0 Å². The maximum absolute atomic E-state index is 12.6. The lowest BCUT2D eigenvalue weighted by Crippen LogP contribution is -2.58. The minimum atomic E-state index is -0.484. The van der Waals surface area contributed by atoms with Gasteiger partial charge >= 0.3 is 5.97 Å². The van der Waals surface area contributed by atoms with Crippen molar-refractivity contribution in [2.24, 2.45) is 5.92 Å². The third-order valence-corrected chi connectivity index (χ3v) is 5.06. The van der Waals surface area contributed by atoms with Gasteiger partial charge in [-0.05, 0) is 26.7 Å². The molecule has 136 valence electrons. The van der Waals surface area contributed by atoms with E-state index in [4.69, 9.17) is 0 Å². The average molecular weight is 339 g/mol. The summed E-state index contributed by atoms with van der Waals surface area (Å²) in [6, 6.07) is -0.422. The number of carbonyl (C=O) groups is 3. The van der Waals surface area contributed by atoms with Gasteiger partial charge < -0.3 is 15.0 Å². The minimum absolute atomic E-state index is 0.00599. The van der Waals surface area contributed by atoms with Gasteiger partial charge in [-0.15, -0.1) is 0 Å². The van der Waals surface area contributed by atoms with Gasteiger partial charge in [0.25, 0.3) is 0 Å². The fraction of sp³-hybridized carbons (Fsp3) is 0.824. The highest BCUT2D eigenvalue weighted by Gasteiger charge is 2.32. The van der Waals surface area contributed by atoms with E-state index in [1.165, 1.54) is 7.11 Å². The molecular formula is C17H29N3O4. The number of rotatable bonds is 6. The zero-order chi connectivity index (χ0) is 17.7. The molecule has 2 fully saturated rings. The van der Waals surface area contributed by atoms with Gasteiger partial charge in [-0.2, -0.15) is 0 Å². The number of amides is 2. The molecule has 0 aromatic heterocycles. The molecule has 1 saturated carbocycles. The van der Waals surface area contributed by atoms with E-state index >= 15 is 0 Å². The first-order chi connectivity index (χ1) is 11.4. The van der Waals surface area contributed by atoms with Crippen LogP contribution in [0.4, 0.5) is 0 Å². The van der Waals surface area contributed by atoms with Crippen molar-refractivity contribution in [2.75, 3.05) is 33.3 Å². The molecule has 1 saturated heterocycles. The highest BCUT2D eigenvalue weighted by atomic mass is 16.5. The molecule has 0 aromatic carbocycles. The van der Waals surface area contributed by atoms with Crippen LogP contribution in [0.15, 0.2) is 0 Å². The van der Waals surface area contributed by atoms with Crippen molar-refractivity contribution in [3.63, 3.8) is 0 Å². The molecule has 0 bridgehead atoms. The second kappa shape index (κ2) is 8.46. The predicted molar refractivity (Wildman–Crippen MR) is 89.2 cm³/mol. The van der Waals surface area contributed by atoms with Gasteiger partial charge in [-0.25, -0.2) is 0 Å². The number of piperazine rings is 1. The molecule has 0 unspecified atom stereocenters. The third-order valence-electron chi connectivity index (χ3n) is 5.06. The molecule has 1 aliphatic heterocycles. The van der Waals surface area contributed by atoms with Gasteiger partial charge in [0.2, 0.25) is 11.8 Å². The Morgan fingerprint density at radius 2 is 1.96 bits per heavy atom. The van der Waals surface area contributed by atoms with Crippen molar-refractivity contribution < 1.29 is 19.1 Å². The van der Waals surface area contributed by atoms with Gasteiger partial charge in [0.15, 0.2) is 0 Å². The van der Waals surface area contributed by atoms with Crippen LogP contribution in [0.1, 0.15) is 39.5 Å². The quantitative estimate of drug-likeness (QED) is 0.708. The Labute approximate surface area is 143 Å². The second-order valence-corrected chi connectivity index (χ2v) is 6.87. The standard InChI is InChI=1S/C17H29N3O4/c1-12-11-19(8-7-15(21)24-3)9-10-20(12)17(23)13(2)18-16(22)14-5-4-6-14/h12-14H,4-11H2,1-3H3,(H,18,22)/t12-,13+/m1/s1. The molecule has 2 rings (SSSR count). The van der Waals surface area contributed by atoms with E-state index in [2.05, 4.69) is 15.0 Å². The zero-order valence-corrected chi connectivity index (χ0v) is 14.9. The molecule has 0 aromatic rings. The minimum Gasteiger partial charge on any atom is -0.469 e. The summed E-state index contributed by atoms with van der Waals surface area (Å²) < 4.78 is 4.66. The van der Waals surface area contributed by atoms with Gasteiger partial charge in [0.05, 0.1) is 13.5 Å². The molecule has 2 aliphatic rings. The number of nitrogens with one attached hydrogen (secondary N) is 1. The smallest absolute Gasteiger partial charge is 0.306 e. The van der Waals surface area contributed by atoms with Crippen molar-refractivity contribution in [1.82, 2.24) is 15.1 Å². The number of carbonyl (C=O) groups excluding carboxylic acids is 3. The molecule has 1 heterocycles. The van der Waals surface area contributed by atoms with Crippen molar-refractivity contribution in [1.29, 1.82) is 0 Å².